The van der Waals surface area contributed by atoms with Crippen LogP contribution >= 0.6 is 11.6 Å². The monoisotopic (exact) mass is 464 g/mol. The zero-order valence-corrected chi connectivity index (χ0v) is 19.6. The number of rotatable bonds is 4. The van der Waals surface area contributed by atoms with Crippen LogP contribution in [0.4, 0.5) is 5.69 Å². The largest absolute Gasteiger partial charge is 0.369 e. The van der Waals surface area contributed by atoms with Crippen LogP contribution in [0.15, 0.2) is 35.2 Å². The first-order chi connectivity index (χ1) is 14.8. The molecule has 0 atom stereocenters. The Morgan fingerprint density at radius 2 is 1.65 bits per heavy atom. The van der Waals surface area contributed by atoms with Crippen molar-refractivity contribution < 1.29 is 13.2 Å². The number of aromatic nitrogens is 1. The van der Waals surface area contributed by atoms with Gasteiger partial charge in [-0.2, -0.15) is 4.31 Å². The highest BCUT2D eigenvalue weighted by molar-refractivity contribution is 7.89. The lowest BCUT2D eigenvalue weighted by atomic mass is 10.1. The van der Waals surface area contributed by atoms with Crippen molar-refractivity contribution in [3.63, 3.8) is 0 Å². The topological polar surface area (TPSA) is 65.9 Å². The summed E-state index contributed by atoms with van der Waals surface area (Å²) in [6.07, 6.45) is 3.13. The van der Waals surface area contributed by atoms with Crippen molar-refractivity contribution in [2.24, 2.45) is 7.05 Å². The Labute approximate surface area is 189 Å². The number of amides is 1. The van der Waals surface area contributed by atoms with Crippen LogP contribution in [0, 0.1) is 6.92 Å². The number of sulfonamides is 1. The molecule has 3 heterocycles. The quantitative estimate of drug-likeness (QED) is 0.697. The van der Waals surface area contributed by atoms with E-state index in [1.807, 2.05) is 29.2 Å². The first kappa shape index (κ1) is 22.2. The summed E-state index contributed by atoms with van der Waals surface area (Å²) < 4.78 is 30.1. The molecule has 0 bridgehead atoms. The second-order valence-corrected chi connectivity index (χ2v) is 10.6. The molecule has 0 N–H and O–H groups in total. The van der Waals surface area contributed by atoms with E-state index in [-0.39, 0.29) is 10.8 Å². The summed E-state index contributed by atoms with van der Waals surface area (Å²) in [4.78, 5) is 17.2. The van der Waals surface area contributed by atoms with Gasteiger partial charge in [-0.15, -0.1) is 0 Å². The number of anilines is 1. The fourth-order valence-corrected chi connectivity index (χ4v) is 6.27. The number of carbonyl (C=O) groups excluding carboxylic acids is 1. The Balaban J connectivity index is 1.52. The number of piperazine rings is 1. The van der Waals surface area contributed by atoms with E-state index in [0.717, 1.165) is 38.0 Å². The lowest BCUT2D eigenvalue weighted by Gasteiger charge is -2.35. The van der Waals surface area contributed by atoms with Gasteiger partial charge in [-0.3, -0.25) is 4.79 Å². The van der Waals surface area contributed by atoms with Crippen molar-refractivity contribution in [3.05, 3.63) is 46.7 Å². The van der Waals surface area contributed by atoms with Crippen LogP contribution in [0.25, 0.3) is 0 Å². The number of benzene rings is 1. The van der Waals surface area contributed by atoms with Gasteiger partial charge in [-0.25, -0.2) is 8.42 Å². The number of piperidine rings is 1. The van der Waals surface area contributed by atoms with Crippen molar-refractivity contribution in [3.8, 4) is 0 Å². The van der Waals surface area contributed by atoms with E-state index in [1.165, 1.54) is 4.31 Å². The Morgan fingerprint density at radius 1 is 0.968 bits per heavy atom. The Morgan fingerprint density at radius 3 is 2.29 bits per heavy atom. The van der Waals surface area contributed by atoms with Gasteiger partial charge in [0.15, 0.2) is 0 Å². The van der Waals surface area contributed by atoms with Gasteiger partial charge in [-0.05, 0) is 50.5 Å². The van der Waals surface area contributed by atoms with E-state index in [9.17, 15) is 13.2 Å². The maximum atomic E-state index is 13.4. The van der Waals surface area contributed by atoms with E-state index >= 15 is 0 Å². The molecule has 0 saturated carbocycles. The molecule has 2 saturated heterocycles. The van der Waals surface area contributed by atoms with Gasteiger partial charge in [-0.1, -0.05) is 17.7 Å². The van der Waals surface area contributed by atoms with Crippen molar-refractivity contribution in [2.75, 3.05) is 44.2 Å². The standard InChI is InChI=1S/C22H29ClN4O3S/c1-17-21(16-20(24(17)2)22(28)26-9-4-3-5-10-26)31(29,30)27-13-11-25(12-14-27)19-8-6-7-18(23)15-19/h6-8,15-16H,3-5,9-14H2,1-2H3. The molecule has 0 spiro atoms. The smallest absolute Gasteiger partial charge is 0.270 e. The second kappa shape index (κ2) is 8.84. The zero-order valence-electron chi connectivity index (χ0n) is 18.1. The molecule has 2 aliphatic heterocycles. The van der Waals surface area contributed by atoms with E-state index in [2.05, 4.69) is 4.90 Å². The first-order valence-electron chi connectivity index (χ1n) is 10.8. The third-order valence-corrected chi connectivity index (χ3v) is 8.63. The highest BCUT2D eigenvalue weighted by Gasteiger charge is 2.33. The molecular formula is C22H29ClN4O3S. The van der Waals surface area contributed by atoms with Crippen molar-refractivity contribution in [2.45, 2.75) is 31.1 Å². The van der Waals surface area contributed by atoms with Gasteiger partial charge < -0.3 is 14.4 Å². The molecule has 1 aromatic carbocycles. The van der Waals surface area contributed by atoms with Crippen LogP contribution in [0.2, 0.25) is 5.02 Å². The summed E-state index contributed by atoms with van der Waals surface area (Å²) in [5.74, 6) is -0.0856. The SMILES string of the molecule is Cc1c(S(=O)(=O)N2CCN(c3cccc(Cl)c3)CC2)cc(C(=O)N2CCCCC2)n1C. The molecule has 31 heavy (non-hydrogen) atoms. The van der Waals surface area contributed by atoms with Crippen molar-refractivity contribution in [1.82, 2.24) is 13.8 Å². The lowest BCUT2D eigenvalue weighted by molar-refractivity contribution is 0.0714. The Kier molecular flexibility index (Phi) is 6.32. The van der Waals surface area contributed by atoms with Crippen LogP contribution in [0.1, 0.15) is 35.4 Å². The minimum Gasteiger partial charge on any atom is -0.369 e. The predicted molar refractivity (Wildman–Crippen MR) is 122 cm³/mol. The van der Waals surface area contributed by atoms with Crippen molar-refractivity contribution in [1.29, 1.82) is 0 Å². The van der Waals surface area contributed by atoms with E-state index < -0.39 is 10.0 Å². The average Bonchev–Trinajstić information content (AvgIpc) is 3.09. The number of halogens is 1. The summed E-state index contributed by atoms with van der Waals surface area (Å²) >= 11 is 6.10. The zero-order chi connectivity index (χ0) is 22.2. The number of hydrogen-bond donors (Lipinski definition) is 0. The summed E-state index contributed by atoms with van der Waals surface area (Å²) in [5.41, 5.74) is 2.03. The predicted octanol–water partition coefficient (Wildman–Crippen LogP) is 3.12. The number of hydrogen-bond acceptors (Lipinski definition) is 4. The molecule has 168 valence electrons. The molecule has 0 radical (unpaired) electrons. The van der Waals surface area contributed by atoms with Gasteiger partial charge in [0.1, 0.15) is 10.6 Å². The third-order valence-electron chi connectivity index (χ3n) is 6.38. The van der Waals surface area contributed by atoms with Crippen molar-refractivity contribution >= 4 is 33.2 Å². The fraction of sp³-hybridized carbons (Fsp3) is 0.500. The maximum absolute atomic E-state index is 13.4. The molecule has 1 aromatic heterocycles. The number of likely N-dealkylation sites (tertiary alicyclic amines) is 1. The van der Waals surface area contributed by atoms with E-state index in [0.29, 0.717) is 42.6 Å². The van der Waals surface area contributed by atoms with Gasteiger partial charge in [0.05, 0.1) is 0 Å². The van der Waals surface area contributed by atoms with Gasteiger partial charge in [0.2, 0.25) is 10.0 Å². The molecule has 4 rings (SSSR count). The van der Waals surface area contributed by atoms with E-state index in [1.54, 1.807) is 24.6 Å². The molecule has 0 unspecified atom stereocenters. The maximum Gasteiger partial charge on any atom is 0.270 e. The normalized spacial score (nSPS) is 18.4. The summed E-state index contributed by atoms with van der Waals surface area (Å²) in [6.45, 7) is 5.18. The minimum absolute atomic E-state index is 0.0856. The average molecular weight is 465 g/mol. The summed E-state index contributed by atoms with van der Waals surface area (Å²) in [5, 5.41) is 0.665. The Hall–Kier alpha value is -2.03. The van der Waals surface area contributed by atoms with Crippen LogP contribution in [-0.4, -0.2) is 67.4 Å². The molecule has 2 aromatic rings. The fourth-order valence-electron chi connectivity index (χ4n) is 4.40. The molecular weight excluding hydrogens is 436 g/mol. The number of nitrogens with zero attached hydrogens (tertiary/aromatic N) is 4. The third kappa shape index (κ3) is 4.33. The van der Waals surface area contributed by atoms with Crippen LogP contribution in [0.3, 0.4) is 0 Å². The molecule has 7 nitrogen and oxygen atoms in total. The molecule has 9 heteroatoms. The van der Waals surface area contributed by atoms with Gasteiger partial charge >= 0.3 is 0 Å². The lowest BCUT2D eigenvalue weighted by Crippen LogP contribution is -2.48. The van der Waals surface area contributed by atoms with Gasteiger partial charge in [0, 0.05) is 62.7 Å². The Bertz CT molecular complexity index is 1070. The first-order valence-corrected chi connectivity index (χ1v) is 12.6. The van der Waals surface area contributed by atoms with Crippen LogP contribution < -0.4 is 4.90 Å². The summed E-state index contributed by atoms with van der Waals surface area (Å²) in [7, 11) is -1.92. The van der Waals surface area contributed by atoms with Crippen LogP contribution in [-0.2, 0) is 17.1 Å². The molecule has 2 fully saturated rings. The highest BCUT2D eigenvalue weighted by Crippen LogP contribution is 2.27. The molecule has 1 amide bonds. The van der Waals surface area contributed by atoms with E-state index in [4.69, 9.17) is 11.6 Å². The van der Waals surface area contributed by atoms with Gasteiger partial charge in [0.25, 0.3) is 5.91 Å². The highest BCUT2D eigenvalue weighted by atomic mass is 35.5. The number of carbonyl (C=O) groups is 1. The van der Waals surface area contributed by atoms with Crippen LogP contribution in [0.5, 0.6) is 0 Å². The second-order valence-electron chi connectivity index (χ2n) is 8.26. The summed E-state index contributed by atoms with van der Waals surface area (Å²) in [6, 6.07) is 9.16. The minimum atomic E-state index is -3.68. The molecule has 2 aliphatic rings. The molecule has 0 aliphatic carbocycles.